The molecule has 1 rings (SSSR count). The zero-order chi connectivity index (χ0) is 8.27. The molecule has 1 heterocycles. The van der Waals surface area contributed by atoms with E-state index in [9.17, 15) is 4.79 Å². The summed E-state index contributed by atoms with van der Waals surface area (Å²) in [5, 5.41) is 18.3. The van der Waals surface area contributed by atoms with Gasteiger partial charge < -0.3 is 10.3 Å². The summed E-state index contributed by atoms with van der Waals surface area (Å²) in [7, 11) is 0. The maximum absolute atomic E-state index is 10.3. The fourth-order valence-electron chi connectivity index (χ4n) is 0.567. The van der Waals surface area contributed by atoms with Crippen molar-refractivity contribution in [3.63, 3.8) is 0 Å². The Morgan fingerprint density at radius 3 is 3.00 bits per heavy atom. The predicted molar refractivity (Wildman–Crippen MR) is 37.7 cm³/mol. The summed E-state index contributed by atoms with van der Waals surface area (Å²) in [4.78, 5) is 14.0. The molecule has 0 aliphatic carbocycles. The highest BCUT2D eigenvalue weighted by molar-refractivity contribution is 7.11. The number of aromatic nitrogens is 1. The maximum atomic E-state index is 10.3. The lowest BCUT2D eigenvalue weighted by Crippen LogP contribution is -2.06. The molecule has 0 aliphatic heterocycles. The van der Waals surface area contributed by atoms with Crippen LogP contribution < -0.4 is 5.48 Å². The monoisotopic (exact) mass is 174 g/mol. The van der Waals surface area contributed by atoms with E-state index in [0.29, 0.717) is 5.69 Å². The topological polar surface area (TPSA) is 82.5 Å². The average Bonchev–Trinajstić information content (AvgIpc) is 2.37. The summed E-state index contributed by atoms with van der Waals surface area (Å²) in [6, 6.07) is 0. The van der Waals surface area contributed by atoms with Gasteiger partial charge in [-0.15, -0.1) is 11.3 Å². The van der Waals surface area contributed by atoms with E-state index in [-0.39, 0.29) is 11.6 Å². The van der Waals surface area contributed by atoms with E-state index in [1.54, 1.807) is 5.38 Å². The molecular weight excluding hydrogens is 168 g/mol. The Kier molecular flexibility index (Phi) is 2.53. The second kappa shape index (κ2) is 3.42. The highest BCUT2D eigenvalue weighted by Crippen LogP contribution is 2.08. The number of thiazole rings is 1. The number of aromatic carboxylic acids is 1. The summed E-state index contributed by atoms with van der Waals surface area (Å²) >= 11 is 1.04. The number of hydroxylamine groups is 1. The van der Waals surface area contributed by atoms with Crippen molar-refractivity contribution in [2.75, 3.05) is 0 Å². The summed E-state index contributed by atoms with van der Waals surface area (Å²) < 4.78 is 0. The van der Waals surface area contributed by atoms with E-state index >= 15 is 0 Å². The van der Waals surface area contributed by atoms with Crippen LogP contribution in [0.2, 0.25) is 0 Å². The molecule has 0 aromatic carbocycles. The number of carbonyl (C=O) groups is 1. The summed E-state index contributed by atoms with van der Waals surface area (Å²) in [5.41, 5.74) is 2.41. The van der Waals surface area contributed by atoms with Gasteiger partial charge in [0.25, 0.3) is 0 Å². The minimum Gasteiger partial charge on any atom is -0.476 e. The van der Waals surface area contributed by atoms with Crippen LogP contribution >= 0.6 is 11.3 Å². The third-order valence-corrected chi connectivity index (χ3v) is 1.87. The molecule has 0 radical (unpaired) electrons. The number of hydrogen-bond donors (Lipinski definition) is 3. The first-order chi connectivity index (χ1) is 5.24. The quantitative estimate of drug-likeness (QED) is 0.575. The molecule has 11 heavy (non-hydrogen) atoms. The lowest BCUT2D eigenvalue weighted by molar-refractivity contribution is 0.0696. The number of nitrogens with zero attached hydrogens (tertiary/aromatic N) is 1. The number of carboxylic acids is 1. The Labute approximate surface area is 66.3 Å². The van der Waals surface area contributed by atoms with E-state index in [4.69, 9.17) is 10.3 Å². The third kappa shape index (κ3) is 1.97. The first kappa shape index (κ1) is 8.12. The van der Waals surface area contributed by atoms with Gasteiger partial charge in [-0.25, -0.2) is 9.78 Å². The summed E-state index contributed by atoms with van der Waals surface area (Å²) in [5.74, 6) is -1.04. The van der Waals surface area contributed by atoms with Crippen LogP contribution in [-0.4, -0.2) is 21.3 Å². The van der Waals surface area contributed by atoms with Crippen molar-refractivity contribution in [3.8, 4) is 0 Å². The van der Waals surface area contributed by atoms with Gasteiger partial charge in [0.15, 0.2) is 0 Å². The normalized spacial score (nSPS) is 9.91. The third-order valence-electron chi connectivity index (χ3n) is 0.995. The molecule has 60 valence electrons. The predicted octanol–water partition coefficient (Wildman–Crippen LogP) is 0.320. The van der Waals surface area contributed by atoms with E-state index < -0.39 is 5.97 Å². The number of rotatable bonds is 3. The van der Waals surface area contributed by atoms with Gasteiger partial charge in [0.1, 0.15) is 0 Å². The Hall–Kier alpha value is -0.980. The van der Waals surface area contributed by atoms with Crippen molar-refractivity contribution in [2.24, 2.45) is 0 Å². The Morgan fingerprint density at radius 2 is 2.55 bits per heavy atom. The molecule has 0 unspecified atom stereocenters. The van der Waals surface area contributed by atoms with Gasteiger partial charge in [-0.2, -0.15) is 5.48 Å². The molecule has 1 aromatic heterocycles. The SMILES string of the molecule is O=C(O)c1nc(CNO)cs1. The molecule has 5 nitrogen and oxygen atoms in total. The van der Waals surface area contributed by atoms with Crippen molar-refractivity contribution < 1.29 is 15.1 Å². The van der Waals surface area contributed by atoms with Gasteiger partial charge >= 0.3 is 5.97 Å². The highest BCUT2D eigenvalue weighted by atomic mass is 32.1. The van der Waals surface area contributed by atoms with E-state index in [0.717, 1.165) is 11.3 Å². The highest BCUT2D eigenvalue weighted by Gasteiger charge is 2.07. The largest absolute Gasteiger partial charge is 0.476 e. The number of hydrogen-bond acceptors (Lipinski definition) is 5. The second-order valence-electron chi connectivity index (χ2n) is 1.78. The van der Waals surface area contributed by atoms with Crippen LogP contribution in [0.4, 0.5) is 0 Å². The van der Waals surface area contributed by atoms with Crippen LogP contribution in [-0.2, 0) is 6.54 Å². The molecule has 0 fully saturated rings. The Balaban J connectivity index is 2.73. The number of carboxylic acid groups (broad SMARTS) is 1. The fraction of sp³-hybridized carbons (Fsp3) is 0.200. The van der Waals surface area contributed by atoms with Crippen molar-refractivity contribution >= 4 is 17.3 Å². The van der Waals surface area contributed by atoms with Crippen molar-refractivity contribution in [1.29, 1.82) is 0 Å². The minimum absolute atomic E-state index is 0.0373. The molecule has 0 spiro atoms. The maximum Gasteiger partial charge on any atom is 0.365 e. The lowest BCUT2D eigenvalue weighted by atomic mass is 10.5. The van der Waals surface area contributed by atoms with Gasteiger partial charge in [0, 0.05) is 5.38 Å². The second-order valence-corrected chi connectivity index (χ2v) is 2.64. The Morgan fingerprint density at radius 1 is 1.82 bits per heavy atom. The lowest BCUT2D eigenvalue weighted by Gasteiger charge is -1.88. The molecule has 1 aromatic rings. The van der Waals surface area contributed by atoms with Crippen molar-refractivity contribution in [3.05, 3.63) is 16.1 Å². The van der Waals surface area contributed by atoms with E-state index in [1.807, 2.05) is 5.48 Å². The molecule has 0 saturated heterocycles. The van der Waals surface area contributed by atoms with Gasteiger partial charge in [0.05, 0.1) is 12.2 Å². The van der Waals surface area contributed by atoms with Crippen LogP contribution in [0.25, 0.3) is 0 Å². The molecule has 0 atom stereocenters. The van der Waals surface area contributed by atoms with Crippen molar-refractivity contribution in [2.45, 2.75) is 6.54 Å². The number of nitrogens with one attached hydrogen (secondary N) is 1. The zero-order valence-electron chi connectivity index (χ0n) is 5.44. The van der Waals surface area contributed by atoms with E-state index in [2.05, 4.69) is 4.98 Å². The summed E-state index contributed by atoms with van der Waals surface area (Å²) in [6.07, 6.45) is 0. The molecule has 0 amide bonds. The smallest absolute Gasteiger partial charge is 0.365 e. The molecule has 0 aliphatic rings. The summed E-state index contributed by atoms with van der Waals surface area (Å²) in [6.45, 7) is 0.170. The van der Waals surface area contributed by atoms with Crippen LogP contribution in [0.3, 0.4) is 0 Å². The molecule has 0 bridgehead atoms. The molecule has 0 saturated carbocycles. The van der Waals surface area contributed by atoms with Gasteiger partial charge in [-0.3, -0.25) is 0 Å². The van der Waals surface area contributed by atoms with Crippen molar-refractivity contribution in [1.82, 2.24) is 10.5 Å². The molecular formula is C5H6N2O3S. The first-order valence-corrected chi connectivity index (χ1v) is 3.66. The van der Waals surface area contributed by atoms with Crippen LogP contribution in [0.1, 0.15) is 15.5 Å². The molecule has 6 heteroatoms. The van der Waals surface area contributed by atoms with Crippen LogP contribution in [0.15, 0.2) is 5.38 Å². The zero-order valence-corrected chi connectivity index (χ0v) is 6.26. The molecule has 3 N–H and O–H groups in total. The minimum atomic E-state index is -1.04. The van der Waals surface area contributed by atoms with Gasteiger partial charge in [0.2, 0.25) is 5.01 Å². The standard InChI is InChI=1S/C5H6N2O3S/c8-5(9)4-7-3(1-6-10)2-11-4/h2,6,10H,1H2,(H,8,9). The fourth-order valence-corrected chi connectivity index (χ4v) is 1.22. The Bertz CT molecular complexity index is 260. The van der Waals surface area contributed by atoms with Gasteiger partial charge in [-0.05, 0) is 0 Å². The van der Waals surface area contributed by atoms with Crippen LogP contribution in [0, 0.1) is 0 Å². The first-order valence-electron chi connectivity index (χ1n) is 2.78. The van der Waals surface area contributed by atoms with Crippen LogP contribution in [0.5, 0.6) is 0 Å². The van der Waals surface area contributed by atoms with Gasteiger partial charge in [-0.1, -0.05) is 0 Å². The van der Waals surface area contributed by atoms with E-state index in [1.165, 1.54) is 0 Å². The average molecular weight is 174 g/mol.